The summed E-state index contributed by atoms with van der Waals surface area (Å²) in [6, 6.07) is 11.3. The minimum absolute atomic E-state index is 0.00137. The minimum atomic E-state index is -0.610. The zero-order valence-corrected chi connectivity index (χ0v) is 17.8. The van der Waals surface area contributed by atoms with Crippen LogP contribution in [0.25, 0.3) is 0 Å². The molecule has 1 atom stereocenters. The van der Waals surface area contributed by atoms with Crippen LogP contribution in [0.4, 0.5) is 26.2 Å². The Kier molecular flexibility index (Phi) is 6.89. The van der Waals surface area contributed by atoms with Crippen LogP contribution in [0.2, 0.25) is 0 Å². The maximum Gasteiger partial charge on any atom is 0.411 e. The van der Waals surface area contributed by atoms with Crippen molar-refractivity contribution < 1.29 is 23.5 Å². The van der Waals surface area contributed by atoms with Crippen LogP contribution in [0, 0.1) is 24.6 Å². The van der Waals surface area contributed by atoms with Crippen LogP contribution in [-0.2, 0) is 14.3 Å². The number of carbonyl (C=O) groups is 3. The summed E-state index contributed by atoms with van der Waals surface area (Å²) >= 11 is 0. The number of anilines is 3. The van der Waals surface area contributed by atoms with Crippen LogP contribution >= 0.6 is 0 Å². The summed E-state index contributed by atoms with van der Waals surface area (Å²) in [6.07, 6.45) is -0.576. The summed E-state index contributed by atoms with van der Waals surface area (Å²) in [4.78, 5) is 38.2. The minimum Gasteiger partial charge on any atom is -0.449 e. The highest BCUT2D eigenvalue weighted by Crippen LogP contribution is 2.29. The van der Waals surface area contributed by atoms with Gasteiger partial charge in [-0.3, -0.25) is 14.9 Å². The molecule has 1 saturated heterocycles. The number of benzene rings is 2. The van der Waals surface area contributed by atoms with Gasteiger partial charge in [0.05, 0.1) is 18.2 Å². The lowest BCUT2D eigenvalue weighted by atomic mass is 10.1. The van der Waals surface area contributed by atoms with E-state index in [9.17, 15) is 18.8 Å². The zero-order chi connectivity index (χ0) is 22.5. The normalized spacial score (nSPS) is 15.8. The van der Waals surface area contributed by atoms with E-state index in [0.717, 1.165) is 5.56 Å². The largest absolute Gasteiger partial charge is 0.449 e. The van der Waals surface area contributed by atoms with Crippen LogP contribution in [0.3, 0.4) is 0 Å². The molecule has 0 aliphatic carbocycles. The Labute approximate surface area is 180 Å². The maximum atomic E-state index is 14.3. The summed E-state index contributed by atoms with van der Waals surface area (Å²) < 4.78 is 19.3. The molecule has 2 aromatic carbocycles. The number of hydrogen-bond donors (Lipinski definition) is 2. The highest BCUT2D eigenvalue weighted by molar-refractivity contribution is 6.03. The maximum absolute atomic E-state index is 14.3. The van der Waals surface area contributed by atoms with Gasteiger partial charge in [-0.2, -0.15) is 0 Å². The third-order valence-electron chi connectivity index (χ3n) is 4.81. The molecule has 1 unspecified atom stereocenters. The van der Waals surface area contributed by atoms with Crippen LogP contribution < -0.4 is 15.5 Å². The van der Waals surface area contributed by atoms with E-state index >= 15 is 0 Å². The number of ether oxygens (including phenoxy) is 1. The summed E-state index contributed by atoms with van der Waals surface area (Å²) in [6.45, 7) is 6.04. The average molecular weight is 427 g/mol. The van der Waals surface area contributed by atoms with Gasteiger partial charge in [-0.25, -0.2) is 9.18 Å². The first kappa shape index (κ1) is 22.3. The van der Waals surface area contributed by atoms with E-state index in [4.69, 9.17) is 4.74 Å². The number of amides is 3. The van der Waals surface area contributed by atoms with Gasteiger partial charge < -0.3 is 15.0 Å². The van der Waals surface area contributed by atoms with Crippen molar-refractivity contribution in [3.05, 3.63) is 53.8 Å². The Morgan fingerprint density at radius 1 is 1.16 bits per heavy atom. The van der Waals surface area contributed by atoms with Gasteiger partial charge in [0.25, 0.3) is 0 Å². The van der Waals surface area contributed by atoms with Crippen LogP contribution in [0.15, 0.2) is 42.5 Å². The van der Waals surface area contributed by atoms with Gasteiger partial charge in [-0.05, 0) is 48.7 Å². The fourth-order valence-corrected chi connectivity index (χ4v) is 3.26. The van der Waals surface area contributed by atoms with Crippen molar-refractivity contribution in [2.45, 2.75) is 27.2 Å². The fraction of sp³-hybridized carbons (Fsp3) is 0.348. The Hall–Kier alpha value is -3.42. The lowest BCUT2D eigenvalue weighted by Crippen LogP contribution is -2.28. The predicted octanol–water partition coefficient (Wildman–Crippen LogP) is 4.33. The monoisotopic (exact) mass is 427 g/mol. The third-order valence-corrected chi connectivity index (χ3v) is 4.81. The number of halogens is 1. The Balaban J connectivity index is 1.61. The number of nitrogens with zero attached hydrogens (tertiary/aromatic N) is 1. The molecule has 0 radical (unpaired) electrons. The highest BCUT2D eigenvalue weighted by Gasteiger charge is 2.36. The smallest absolute Gasteiger partial charge is 0.411 e. The number of rotatable bonds is 6. The zero-order valence-electron chi connectivity index (χ0n) is 17.8. The van der Waals surface area contributed by atoms with Crippen molar-refractivity contribution in [2.24, 2.45) is 11.8 Å². The number of aryl methyl sites for hydroxylation is 1. The van der Waals surface area contributed by atoms with E-state index in [-0.39, 0.29) is 36.4 Å². The topological polar surface area (TPSA) is 87.7 Å². The Morgan fingerprint density at radius 2 is 1.87 bits per heavy atom. The lowest BCUT2D eigenvalue weighted by Gasteiger charge is -2.18. The molecule has 31 heavy (non-hydrogen) atoms. The van der Waals surface area contributed by atoms with E-state index < -0.39 is 17.8 Å². The number of carbonyl (C=O) groups excluding carboxylic acids is 3. The second-order valence-electron chi connectivity index (χ2n) is 8.05. The van der Waals surface area contributed by atoms with Crippen molar-refractivity contribution in [3.8, 4) is 0 Å². The van der Waals surface area contributed by atoms with Gasteiger partial charge in [0.15, 0.2) is 0 Å². The molecule has 0 aromatic heterocycles. The van der Waals surface area contributed by atoms with Crippen LogP contribution in [0.1, 0.15) is 25.8 Å². The Morgan fingerprint density at radius 3 is 2.55 bits per heavy atom. The van der Waals surface area contributed by atoms with Crippen molar-refractivity contribution in [2.75, 3.05) is 28.7 Å². The SMILES string of the molecule is Cc1ccc(N2CC(C(=O)Nc3cccc(NC(=O)OCC(C)C)c3)CC2=O)c(F)c1. The van der Waals surface area contributed by atoms with E-state index in [1.165, 1.54) is 11.0 Å². The highest BCUT2D eigenvalue weighted by atomic mass is 19.1. The summed E-state index contributed by atoms with van der Waals surface area (Å²) in [7, 11) is 0. The number of hydrogen-bond acceptors (Lipinski definition) is 4. The van der Waals surface area contributed by atoms with Gasteiger partial charge in [0.1, 0.15) is 5.82 Å². The predicted molar refractivity (Wildman–Crippen MR) is 116 cm³/mol. The molecule has 3 rings (SSSR count). The molecule has 2 aromatic rings. The molecule has 1 aliphatic heterocycles. The van der Waals surface area contributed by atoms with Crippen molar-refractivity contribution >= 4 is 35.0 Å². The standard InChI is InChI=1S/C23H26FN3O4/c1-14(2)13-31-23(30)26-18-6-4-5-17(11-18)25-22(29)16-10-21(28)27(12-16)20-8-7-15(3)9-19(20)24/h4-9,11,14,16H,10,12-13H2,1-3H3,(H,25,29)(H,26,30). The molecule has 164 valence electrons. The van der Waals surface area contributed by atoms with Gasteiger partial charge in [0.2, 0.25) is 11.8 Å². The summed E-state index contributed by atoms with van der Waals surface area (Å²) in [5.41, 5.74) is 1.87. The van der Waals surface area contributed by atoms with Crippen molar-refractivity contribution in [1.29, 1.82) is 0 Å². The molecule has 1 heterocycles. The van der Waals surface area contributed by atoms with Gasteiger partial charge in [-0.15, -0.1) is 0 Å². The second kappa shape index (κ2) is 9.59. The quantitative estimate of drug-likeness (QED) is 0.718. The Bertz CT molecular complexity index is 993. The van der Waals surface area contributed by atoms with Crippen LogP contribution in [0.5, 0.6) is 0 Å². The first-order valence-corrected chi connectivity index (χ1v) is 10.1. The molecule has 0 spiro atoms. The van der Waals surface area contributed by atoms with E-state index in [1.54, 1.807) is 43.3 Å². The molecule has 1 fully saturated rings. The average Bonchev–Trinajstić information content (AvgIpc) is 3.08. The molecule has 2 N–H and O–H groups in total. The lowest BCUT2D eigenvalue weighted by molar-refractivity contribution is -0.122. The first-order valence-electron chi connectivity index (χ1n) is 10.1. The summed E-state index contributed by atoms with van der Waals surface area (Å²) in [5.74, 6) is -1.52. The molecule has 0 bridgehead atoms. The third kappa shape index (κ3) is 5.81. The molecular weight excluding hydrogens is 401 g/mol. The van der Waals surface area contributed by atoms with E-state index in [0.29, 0.717) is 18.0 Å². The van der Waals surface area contributed by atoms with Crippen molar-refractivity contribution in [1.82, 2.24) is 0 Å². The molecular formula is C23H26FN3O4. The molecule has 0 saturated carbocycles. The fourth-order valence-electron chi connectivity index (χ4n) is 3.26. The molecule has 8 heteroatoms. The van der Waals surface area contributed by atoms with Gasteiger partial charge in [0, 0.05) is 24.3 Å². The molecule has 3 amide bonds. The summed E-state index contributed by atoms with van der Waals surface area (Å²) in [5, 5.41) is 5.37. The number of nitrogens with one attached hydrogen (secondary N) is 2. The second-order valence-corrected chi connectivity index (χ2v) is 8.05. The molecule has 1 aliphatic rings. The molecule has 7 nitrogen and oxygen atoms in total. The van der Waals surface area contributed by atoms with Crippen molar-refractivity contribution in [3.63, 3.8) is 0 Å². The van der Waals surface area contributed by atoms with Crippen LogP contribution in [-0.4, -0.2) is 31.1 Å². The first-order chi connectivity index (χ1) is 14.7. The van der Waals surface area contributed by atoms with Gasteiger partial charge >= 0.3 is 6.09 Å². The van der Waals surface area contributed by atoms with E-state index in [1.807, 2.05) is 13.8 Å². The van der Waals surface area contributed by atoms with E-state index in [2.05, 4.69) is 10.6 Å². The van der Waals surface area contributed by atoms with Gasteiger partial charge in [-0.1, -0.05) is 26.0 Å².